The Balaban J connectivity index is 2.33. The minimum atomic E-state index is -2.43. The highest BCUT2D eigenvalue weighted by atomic mass is 19.3. The van der Waals surface area contributed by atoms with Crippen molar-refractivity contribution in [2.24, 2.45) is 5.73 Å². The minimum Gasteiger partial charge on any atom is -0.394 e. The van der Waals surface area contributed by atoms with Crippen LogP contribution in [0.1, 0.15) is 25.7 Å². The molecule has 0 heterocycles. The van der Waals surface area contributed by atoms with Gasteiger partial charge in [-0.25, -0.2) is 8.78 Å². The van der Waals surface area contributed by atoms with Crippen LogP contribution >= 0.6 is 0 Å². The molecule has 14 heavy (non-hydrogen) atoms. The molecule has 0 spiro atoms. The van der Waals surface area contributed by atoms with E-state index in [-0.39, 0.29) is 12.7 Å². The highest BCUT2D eigenvalue weighted by Crippen LogP contribution is 2.27. The van der Waals surface area contributed by atoms with E-state index in [0.717, 1.165) is 19.3 Å². The van der Waals surface area contributed by atoms with Gasteiger partial charge in [0.05, 0.1) is 12.7 Å². The molecule has 0 saturated heterocycles. The lowest BCUT2D eigenvalue weighted by atomic mass is 9.81. The smallest absolute Gasteiger partial charge is 0.261 e. The van der Waals surface area contributed by atoms with Gasteiger partial charge in [-0.15, -0.1) is 0 Å². The quantitative estimate of drug-likeness (QED) is 0.723. The molecule has 0 aromatic carbocycles. The summed E-state index contributed by atoms with van der Waals surface area (Å²) in [6.07, 6.45) is 0.123. The van der Waals surface area contributed by atoms with Crippen LogP contribution in [0.5, 0.6) is 0 Å². The van der Waals surface area contributed by atoms with Crippen LogP contribution in [0.2, 0.25) is 0 Å². The molecule has 0 aromatic rings. The van der Waals surface area contributed by atoms with Gasteiger partial charge in [0.1, 0.15) is 6.61 Å². The third-order valence-corrected chi connectivity index (χ3v) is 2.61. The van der Waals surface area contributed by atoms with E-state index < -0.39 is 18.6 Å². The topological polar surface area (TPSA) is 55.5 Å². The summed E-state index contributed by atoms with van der Waals surface area (Å²) < 4.78 is 28.7. The van der Waals surface area contributed by atoms with Crippen LogP contribution in [0, 0.1) is 0 Å². The van der Waals surface area contributed by atoms with Gasteiger partial charge in [-0.2, -0.15) is 0 Å². The average Bonchev–Trinajstić information content (AvgIpc) is 2.15. The molecule has 1 rings (SSSR count). The molecular formula is C9H17F2NO2. The fourth-order valence-corrected chi connectivity index (χ4v) is 1.83. The van der Waals surface area contributed by atoms with E-state index >= 15 is 0 Å². The van der Waals surface area contributed by atoms with Gasteiger partial charge in [0, 0.05) is 5.54 Å². The second-order valence-corrected chi connectivity index (χ2v) is 3.96. The first-order valence-corrected chi connectivity index (χ1v) is 4.85. The third-order valence-electron chi connectivity index (χ3n) is 2.61. The number of rotatable bonds is 4. The van der Waals surface area contributed by atoms with E-state index in [2.05, 4.69) is 0 Å². The molecule has 0 aromatic heterocycles. The van der Waals surface area contributed by atoms with Crippen molar-refractivity contribution >= 4 is 0 Å². The maximum absolute atomic E-state index is 11.9. The number of nitrogens with two attached hydrogens (primary N) is 1. The van der Waals surface area contributed by atoms with Crippen LogP contribution < -0.4 is 5.73 Å². The second-order valence-electron chi connectivity index (χ2n) is 3.96. The Morgan fingerprint density at radius 2 is 2.29 bits per heavy atom. The predicted octanol–water partition coefficient (Wildman–Crippen LogP) is 0.900. The summed E-state index contributed by atoms with van der Waals surface area (Å²) in [6.45, 7) is -0.645. The molecule has 0 bridgehead atoms. The van der Waals surface area contributed by atoms with Gasteiger partial charge in [-0.1, -0.05) is 0 Å². The number of hydrogen-bond acceptors (Lipinski definition) is 3. The summed E-state index contributed by atoms with van der Waals surface area (Å²) in [5.74, 6) is 0. The summed E-state index contributed by atoms with van der Waals surface area (Å²) in [5, 5.41) is 9.02. The van der Waals surface area contributed by atoms with Crippen molar-refractivity contribution in [3.63, 3.8) is 0 Å². The zero-order valence-electron chi connectivity index (χ0n) is 8.09. The van der Waals surface area contributed by atoms with Crippen molar-refractivity contribution in [3.8, 4) is 0 Å². The van der Waals surface area contributed by atoms with Gasteiger partial charge in [-0.3, -0.25) is 0 Å². The number of ether oxygens (including phenoxy) is 1. The zero-order chi connectivity index (χ0) is 10.6. The lowest BCUT2D eigenvalue weighted by Gasteiger charge is -2.36. The molecule has 1 aliphatic rings. The van der Waals surface area contributed by atoms with Crippen LogP contribution in [-0.4, -0.2) is 36.4 Å². The molecular weight excluding hydrogens is 192 g/mol. The average molecular weight is 209 g/mol. The van der Waals surface area contributed by atoms with Crippen LogP contribution in [-0.2, 0) is 4.74 Å². The van der Waals surface area contributed by atoms with E-state index in [1.54, 1.807) is 0 Å². The molecule has 1 fully saturated rings. The molecule has 3 N–H and O–H groups in total. The number of alkyl halides is 2. The van der Waals surface area contributed by atoms with Crippen molar-refractivity contribution in [1.29, 1.82) is 0 Å². The highest BCUT2D eigenvalue weighted by molar-refractivity contribution is 4.90. The lowest BCUT2D eigenvalue weighted by Crippen LogP contribution is -2.49. The molecule has 2 atom stereocenters. The summed E-state index contributed by atoms with van der Waals surface area (Å²) in [7, 11) is 0. The first-order valence-electron chi connectivity index (χ1n) is 4.85. The third kappa shape index (κ3) is 3.48. The van der Waals surface area contributed by atoms with Crippen molar-refractivity contribution in [3.05, 3.63) is 0 Å². The van der Waals surface area contributed by atoms with Crippen LogP contribution in [0.25, 0.3) is 0 Å². The second kappa shape index (κ2) is 5.00. The first-order chi connectivity index (χ1) is 6.56. The van der Waals surface area contributed by atoms with E-state index in [9.17, 15) is 8.78 Å². The highest BCUT2D eigenvalue weighted by Gasteiger charge is 2.32. The molecule has 1 saturated carbocycles. The maximum Gasteiger partial charge on any atom is 0.261 e. The molecule has 0 aliphatic heterocycles. The Labute approximate surface area is 82.2 Å². The van der Waals surface area contributed by atoms with E-state index in [4.69, 9.17) is 15.6 Å². The van der Waals surface area contributed by atoms with Gasteiger partial charge in [0.15, 0.2) is 0 Å². The van der Waals surface area contributed by atoms with E-state index in [1.165, 1.54) is 0 Å². The largest absolute Gasteiger partial charge is 0.394 e. The monoisotopic (exact) mass is 209 g/mol. The molecule has 5 heteroatoms. The van der Waals surface area contributed by atoms with Gasteiger partial charge >= 0.3 is 0 Å². The molecule has 3 nitrogen and oxygen atoms in total. The first kappa shape index (κ1) is 11.8. The lowest BCUT2D eigenvalue weighted by molar-refractivity contribution is -0.0528. The van der Waals surface area contributed by atoms with Crippen LogP contribution in [0.15, 0.2) is 0 Å². The Morgan fingerprint density at radius 3 is 2.86 bits per heavy atom. The predicted molar refractivity (Wildman–Crippen MR) is 48.2 cm³/mol. The Bertz CT molecular complexity index is 180. The maximum atomic E-state index is 11.9. The van der Waals surface area contributed by atoms with Crippen molar-refractivity contribution < 1.29 is 18.6 Å². The van der Waals surface area contributed by atoms with E-state index in [1.807, 2.05) is 0 Å². The van der Waals surface area contributed by atoms with Gasteiger partial charge in [0.2, 0.25) is 0 Å². The van der Waals surface area contributed by atoms with Gasteiger partial charge < -0.3 is 15.6 Å². The summed E-state index contributed by atoms with van der Waals surface area (Å²) in [6, 6.07) is 0. The number of aliphatic hydroxyl groups excluding tert-OH is 1. The Kier molecular flexibility index (Phi) is 4.22. The van der Waals surface area contributed by atoms with Crippen molar-refractivity contribution in [2.45, 2.75) is 43.8 Å². The fourth-order valence-electron chi connectivity index (χ4n) is 1.83. The van der Waals surface area contributed by atoms with Gasteiger partial charge in [-0.05, 0) is 25.7 Å². The van der Waals surface area contributed by atoms with Crippen LogP contribution in [0.4, 0.5) is 8.78 Å². The standard InChI is InChI=1S/C9H17F2NO2/c10-8(11)5-14-7-2-1-3-9(12,4-7)6-13/h7-8,13H,1-6,12H2. The fraction of sp³-hybridized carbons (Fsp3) is 1.00. The Hall–Kier alpha value is -0.260. The normalized spacial score (nSPS) is 33.6. The zero-order valence-corrected chi connectivity index (χ0v) is 8.09. The summed E-state index contributed by atoms with van der Waals surface area (Å²) in [5.41, 5.74) is 5.20. The SMILES string of the molecule is NC1(CO)CCCC(OCC(F)F)C1. The van der Waals surface area contributed by atoms with Crippen molar-refractivity contribution in [1.82, 2.24) is 0 Å². The molecule has 2 unspecified atom stereocenters. The van der Waals surface area contributed by atoms with Crippen molar-refractivity contribution in [2.75, 3.05) is 13.2 Å². The number of halogens is 2. The summed E-state index contributed by atoms with van der Waals surface area (Å²) in [4.78, 5) is 0. The molecule has 1 aliphatic carbocycles. The van der Waals surface area contributed by atoms with Crippen LogP contribution in [0.3, 0.4) is 0 Å². The van der Waals surface area contributed by atoms with E-state index in [0.29, 0.717) is 6.42 Å². The molecule has 0 radical (unpaired) electrons. The molecule has 0 amide bonds. The number of hydrogen-bond donors (Lipinski definition) is 2. The molecule has 84 valence electrons. The minimum absolute atomic E-state index is 0.110. The summed E-state index contributed by atoms with van der Waals surface area (Å²) >= 11 is 0. The Morgan fingerprint density at radius 1 is 1.57 bits per heavy atom. The van der Waals surface area contributed by atoms with Gasteiger partial charge in [0.25, 0.3) is 6.43 Å². The number of aliphatic hydroxyl groups is 1.